The summed E-state index contributed by atoms with van der Waals surface area (Å²) in [6, 6.07) is 8.67. The molecule has 0 bridgehead atoms. The third-order valence-electron chi connectivity index (χ3n) is 3.96. The van der Waals surface area contributed by atoms with E-state index < -0.39 is 16.1 Å². The lowest BCUT2D eigenvalue weighted by Crippen LogP contribution is -2.34. The SMILES string of the molecule is COc1cc(S(=O)(=O)Nc2ccc3c(c2)NC(=O)[C@@H](C)O3)ccc1NC(C)=O. The van der Waals surface area contributed by atoms with Gasteiger partial charge in [-0.3, -0.25) is 14.3 Å². The number of fused-ring (bicyclic) bond motifs is 1. The predicted octanol–water partition coefficient (Wildman–Crippen LogP) is 2.17. The molecule has 0 saturated heterocycles. The molecule has 2 aromatic carbocycles. The number of amides is 2. The van der Waals surface area contributed by atoms with Crippen LogP contribution in [0.25, 0.3) is 0 Å². The molecule has 9 nitrogen and oxygen atoms in total. The molecule has 10 heteroatoms. The summed E-state index contributed by atoms with van der Waals surface area (Å²) in [5.74, 6) is 0.0417. The molecule has 0 aliphatic carbocycles. The molecule has 1 aliphatic heterocycles. The smallest absolute Gasteiger partial charge is 0.265 e. The molecule has 0 unspecified atom stereocenters. The van der Waals surface area contributed by atoms with Gasteiger partial charge < -0.3 is 20.1 Å². The summed E-state index contributed by atoms with van der Waals surface area (Å²) in [7, 11) is -2.57. The highest BCUT2D eigenvalue weighted by molar-refractivity contribution is 7.92. The molecule has 0 fully saturated rings. The summed E-state index contributed by atoms with van der Waals surface area (Å²) in [5, 5.41) is 5.22. The molecular formula is C18H19N3O6S. The van der Waals surface area contributed by atoms with Crippen molar-refractivity contribution in [1.82, 2.24) is 0 Å². The van der Waals surface area contributed by atoms with Crippen LogP contribution < -0.4 is 24.8 Å². The Hall–Kier alpha value is -3.27. The Morgan fingerprint density at radius 3 is 2.64 bits per heavy atom. The number of anilines is 3. The van der Waals surface area contributed by atoms with E-state index in [0.717, 1.165) is 0 Å². The fourth-order valence-corrected chi connectivity index (χ4v) is 3.68. The summed E-state index contributed by atoms with van der Waals surface area (Å²) < 4.78 is 38.5. The van der Waals surface area contributed by atoms with Gasteiger partial charge in [0, 0.05) is 13.0 Å². The molecule has 28 heavy (non-hydrogen) atoms. The second-order valence-corrected chi connectivity index (χ2v) is 7.79. The first kappa shape index (κ1) is 19.5. The van der Waals surface area contributed by atoms with Crippen LogP contribution in [0.5, 0.6) is 11.5 Å². The zero-order chi connectivity index (χ0) is 20.5. The minimum Gasteiger partial charge on any atom is -0.495 e. The van der Waals surface area contributed by atoms with E-state index in [4.69, 9.17) is 9.47 Å². The van der Waals surface area contributed by atoms with Crippen LogP contribution in [0.1, 0.15) is 13.8 Å². The standard InChI is InChI=1S/C18H19N3O6S/c1-10-18(23)20-15-8-12(4-7-16(15)27-10)21-28(24,25)13-5-6-14(19-11(2)22)17(9-13)26-3/h4-10,21H,1-3H3,(H,19,22)(H,20,23)/t10-/m1/s1. The molecule has 0 spiro atoms. The Kier molecular flexibility index (Phi) is 5.14. The molecule has 1 aliphatic rings. The number of hydrogen-bond acceptors (Lipinski definition) is 6. The molecule has 0 radical (unpaired) electrons. The van der Waals surface area contributed by atoms with E-state index in [1.165, 1.54) is 44.4 Å². The molecule has 2 aromatic rings. The number of hydrogen-bond donors (Lipinski definition) is 3. The number of methoxy groups -OCH3 is 1. The Morgan fingerprint density at radius 1 is 1.21 bits per heavy atom. The third kappa shape index (κ3) is 4.01. The molecule has 3 rings (SSSR count). The number of rotatable bonds is 5. The van der Waals surface area contributed by atoms with Crippen molar-refractivity contribution in [2.75, 3.05) is 22.5 Å². The summed E-state index contributed by atoms with van der Waals surface area (Å²) in [6.45, 7) is 2.96. The maximum Gasteiger partial charge on any atom is 0.265 e. The highest BCUT2D eigenvalue weighted by Gasteiger charge is 2.24. The van der Waals surface area contributed by atoms with Gasteiger partial charge in [0.05, 0.1) is 29.1 Å². The molecule has 0 aromatic heterocycles. The van der Waals surface area contributed by atoms with Crippen LogP contribution in [0.15, 0.2) is 41.3 Å². The van der Waals surface area contributed by atoms with E-state index >= 15 is 0 Å². The average Bonchev–Trinajstić information content (AvgIpc) is 2.62. The van der Waals surface area contributed by atoms with Crippen LogP contribution in [0.3, 0.4) is 0 Å². The van der Waals surface area contributed by atoms with Crippen molar-refractivity contribution in [1.29, 1.82) is 0 Å². The van der Waals surface area contributed by atoms with Gasteiger partial charge in [0.25, 0.3) is 15.9 Å². The normalized spacial score (nSPS) is 15.7. The number of carbonyl (C=O) groups is 2. The number of sulfonamides is 1. The van der Waals surface area contributed by atoms with Crippen molar-refractivity contribution in [3.05, 3.63) is 36.4 Å². The second kappa shape index (κ2) is 7.39. The van der Waals surface area contributed by atoms with Crippen LogP contribution in [0, 0.1) is 0 Å². The van der Waals surface area contributed by atoms with Crippen molar-refractivity contribution in [3.8, 4) is 11.5 Å². The molecule has 1 heterocycles. The van der Waals surface area contributed by atoms with Gasteiger partial charge in [-0.2, -0.15) is 0 Å². The molecule has 1 atom stereocenters. The second-order valence-electron chi connectivity index (χ2n) is 6.11. The highest BCUT2D eigenvalue weighted by Crippen LogP contribution is 2.33. The number of benzene rings is 2. The number of nitrogens with one attached hydrogen (secondary N) is 3. The Balaban J connectivity index is 1.87. The first-order chi connectivity index (χ1) is 13.2. The summed E-state index contributed by atoms with van der Waals surface area (Å²) in [6.07, 6.45) is -0.621. The minimum atomic E-state index is -3.94. The fourth-order valence-electron chi connectivity index (χ4n) is 2.62. The van der Waals surface area contributed by atoms with Gasteiger partial charge in [-0.25, -0.2) is 8.42 Å². The summed E-state index contributed by atoms with van der Waals surface area (Å²) in [4.78, 5) is 22.9. The monoisotopic (exact) mass is 405 g/mol. The maximum absolute atomic E-state index is 12.7. The van der Waals surface area contributed by atoms with E-state index in [2.05, 4.69) is 15.4 Å². The van der Waals surface area contributed by atoms with Gasteiger partial charge in [0.2, 0.25) is 5.91 Å². The fraction of sp³-hybridized carbons (Fsp3) is 0.222. The molecule has 2 amide bonds. The molecular weight excluding hydrogens is 386 g/mol. The first-order valence-corrected chi connectivity index (χ1v) is 9.78. The van der Waals surface area contributed by atoms with E-state index in [1.807, 2.05) is 0 Å². The van der Waals surface area contributed by atoms with Gasteiger partial charge in [0.1, 0.15) is 11.5 Å². The largest absolute Gasteiger partial charge is 0.495 e. The van der Waals surface area contributed by atoms with Crippen molar-refractivity contribution in [2.24, 2.45) is 0 Å². The quantitative estimate of drug-likeness (QED) is 0.701. The lowest BCUT2D eigenvalue weighted by atomic mass is 10.2. The van der Waals surface area contributed by atoms with Gasteiger partial charge in [-0.1, -0.05) is 0 Å². The minimum absolute atomic E-state index is 0.0509. The van der Waals surface area contributed by atoms with Crippen molar-refractivity contribution in [3.63, 3.8) is 0 Å². The highest BCUT2D eigenvalue weighted by atomic mass is 32.2. The third-order valence-corrected chi connectivity index (χ3v) is 5.34. The molecule has 3 N–H and O–H groups in total. The zero-order valence-corrected chi connectivity index (χ0v) is 16.2. The van der Waals surface area contributed by atoms with Gasteiger partial charge in [-0.15, -0.1) is 0 Å². The molecule has 148 valence electrons. The van der Waals surface area contributed by atoms with Crippen LogP contribution in [0.2, 0.25) is 0 Å². The summed E-state index contributed by atoms with van der Waals surface area (Å²) in [5.41, 5.74) is 0.987. The van der Waals surface area contributed by atoms with Crippen LogP contribution in [-0.4, -0.2) is 33.4 Å². The number of carbonyl (C=O) groups excluding carboxylic acids is 2. The van der Waals surface area contributed by atoms with E-state index in [0.29, 0.717) is 17.1 Å². The first-order valence-electron chi connectivity index (χ1n) is 8.29. The van der Waals surface area contributed by atoms with Gasteiger partial charge in [-0.05, 0) is 37.3 Å². The van der Waals surface area contributed by atoms with E-state index in [1.54, 1.807) is 13.0 Å². The maximum atomic E-state index is 12.7. The Morgan fingerprint density at radius 2 is 1.96 bits per heavy atom. The van der Waals surface area contributed by atoms with E-state index in [-0.39, 0.29) is 28.1 Å². The zero-order valence-electron chi connectivity index (χ0n) is 15.4. The van der Waals surface area contributed by atoms with Crippen molar-refractivity contribution >= 4 is 38.9 Å². The summed E-state index contributed by atoms with van der Waals surface area (Å²) >= 11 is 0. The topological polar surface area (TPSA) is 123 Å². The lowest BCUT2D eigenvalue weighted by molar-refractivity contribution is -0.122. The average molecular weight is 405 g/mol. The van der Waals surface area contributed by atoms with E-state index in [9.17, 15) is 18.0 Å². The van der Waals surface area contributed by atoms with Crippen molar-refractivity contribution < 1.29 is 27.5 Å². The van der Waals surface area contributed by atoms with Crippen LogP contribution in [0.4, 0.5) is 17.1 Å². The van der Waals surface area contributed by atoms with Gasteiger partial charge >= 0.3 is 0 Å². The molecule has 0 saturated carbocycles. The lowest BCUT2D eigenvalue weighted by Gasteiger charge is -2.23. The Labute approximate surface area is 162 Å². The van der Waals surface area contributed by atoms with Crippen LogP contribution >= 0.6 is 0 Å². The Bertz CT molecular complexity index is 1050. The van der Waals surface area contributed by atoms with Crippen molar-refractivity contribution in [2.45, 2.75) is 24.8 Å². The number of ether oxygens (including phenoxy) is 2. The van der Waals surface area contributed by atoms with Gasteiger partial charge in [0.15, 0.2) is 6.10 Å². The predicted molar refractivity (Wildman–Crippen MR) is 103 cm³/mol. The van der Waals surface area contributed by atoms with Crippen LogP contribution in [-0.2, 0) is 19.6 Å².